The minimum atomic E-state index is -3.13. The van der Waals surface area contributed by atoms with Crippen molar-refractivity contribution in [1.29, 1.82) is 0 Å². The molecule has 0 aliphatic carbocycles. The normalized spacial score (nSPS) is 11.7. The van der Waals surface area contributed by atoms with Crippen LogP contribution in [0.4, 0.5) is 0 Å². The Morgan fingerprint density at radius 2 is 1.81 bits per heavy atom. The molecule has 5 heteroatoms. The van der Waals surface area contributed by atoms with Gasteiger partial charge >= 0.3 is 0 Å². The number of hydrogen-bond donors (Lipinski definition) is 0. The molecule has 0 amide bonds. The van der Waals surface area contributed by atoms with Gasteiger partial charge in [0.05, 0.1) is 11.4 Å². The first-order valence-electron chi connectivity index (χ1n) is 4.84. The van der Waals surface area contributed by atoms with Gasteiger partial charge in [0, 0.05) is 12.8 Å². The van der Waals surface area contributed by atoms with Gasteiger partial charge in [-0.05, 0) is 24.7 Å². The molecular formula is C11H15NO3S. The van der Waals surface area contributed by atoms with Crippen molar-refractivity contribution in [3.05, 3.63) is 29.8 Å². The summed E-state index contributed by atoms with van der Waals surface area (Å²) < 4.78 is 22.4. The SMILES string of the molecule is CN(CC=O)Cc1ccc(S(C)(=O)=O)cc1. The smallest absolute Gasteiger partial charge is 0.175 e. The molecule has 0 bridgehead atoms. The Hall–Kier alpha value is -1.20. The topological polar surface area (TPSA) is 54.5 Å². The van der Waals surface area contributed by atoms with E-state index in [1.54, 1.807) is 24.3 Å². The molecule has 4 nitrogen and oxygen atoms in total. The van der Waals surface area contributed by atoms with Gasteiger partial charge in [0.15, 0.2) is 9.84 Å². The highest BCUT2D eigenvalue weighted by Gasteiger charge is 2.06. The first kappa shape index (κ1) is 12.9. The average molecular weight is 241 g/mol. The summed E-state index contributed by atoms with van der Waals surface area (Å²) >= 11 is 0. The van der Waals surface area contributed by atoms with E-state index in [1.807, 2.05) is 11.9 Å². The van der Waals surface area contributed by atoms with E-state index in [0.717, 1.165) is 11.8 Å². The van der Waals surface area contributed by atoms with Crippen molar-refractivity contribution in [2.24, 2.45) is 0 Å². The molecule has 0 atom stereocenters. The molecule has 1 rings (SSSR count). The van der Waals surface area contributed by atoms with E-state index in [9.17, 15) is 13.2 Å². The monoisotopic (exact) mass is 241 g/mol. The number of hydrogen-bond acceptors (Lipinski definition) is 4. The Morgan fingerprint density at radius 3 is 2.25 bits per heavy atom. The van der Waals surface area contributed by atoms with Crippen LogP contribution in [0.1, 0.15) is 5.56 Å². The van der Waals surface area contributed by atoms with E-state index in [2.05, 4.69) is 0 Å². The Bertz CT molecular complexity index is 451. The highest BCUT2D eigenvalue weighted by atomic mass is 32.2. The third-order valence-electron chi connectivity index (χ3n) is 2.19. The van der Waals surface area contributed by atoms with Crippen LogP contribution in [0.25, 0.3) is 0 Å². The van der Waals surface area contributed by atoms with Crippen LogP contribution in [-0.4, -0.2) is 39.5 Å². The molecule has 16 heavy (non-hydrogen) atoms. The molecule has 0 heterocycles. The molecule has 0 radical (unpaired) electrons. The second-order valence-corrected chi connectivity index (χ2v) is 5.80. The zero-order valence-corrected chi connectivity index (χ0v) is 10.2. The molecule has 1 aromatic carbocycles. The lowest BCUT2D eigenvalue weighted by atomic mass is 10.2. The fraction of sp³-hybridized carbons (Fsp3) is 0.364. The number of aldehydes is 1. The molecule has 0 aliphatic heterocycles. The third-order valence-corrected chi connectivity index (χ3v) is 3.32. The lowest BCUT2D eigenvalue weighted by Crippen LogP contribution is -2.19. The molecule has 0 aliphatic rings. The van der Waals surface area contributed by atoms with Crippen molar-refractivity contribution in [2.45, 2.75) is 11.4 Å². The largest absolute Gasteiger partial charge is 0.302 e. The summed E-state index contributed by atoms with van der Waals surface area (Å²) in [4.78, 5) is 12.4. The minimum Gasteiger partial charge on any atom is -0.302 e. The maximum absolute atomic E-state index is 11.2. The molecule has 88 valence electrons. The van der Waals surface area contributed by atoms with Crippen LogP contribution >= 0.6 is 0 Å². The summed E-state index contributed by atoms with van der Waals surface area (Å²) in [5.74, 6) is 0. The van der Waals surface area contributed by atoms with Gasteiger partial charge in [-0.15, -0.1) is 0 Å². The molecule has 0 spiro atoms. The predicted molar refractivity (Wildman–Crippen MR) is 61.9 cm³/mol. The van der Waals surface area contributed by atoms with Crippen LogP contribution < -0.4 is 0 Å². The summed E-state index contributed by atoms with van der Waals surface area (Å²) in [6.45, 7) is 0.997. The summed E-state index contributed by atoms with van der Waals surface area (Å²) in [5.41, 5.74) is 0.983. The summed E-state index contributed by atoms with van der Waals surface area (Å²) in [6, 6.07) is 6.69. The van der Waals surface area contributed by atoms with Crippen LogP contribution in [0.2, 0.25) is 0 Å². The first-order chi connectivity index (χ1) is 7.43. The third kappa shape index (κ3) is 3.75. The van der Waals surface area contributed by atoms with Crippen LogP contribution in [-0.2, 0) is 21.2 Å². The highest BCUT2D eigenvalue weighted by Crippen LogP contribution is 2.11. The van der Waals surface area contributed by atoms with E-state index in [4.69, 9.17) is 0 Å². The van der Waals surface area contributed by atoms with Crippen LogP contribution in [0.3, 0.4) is 0 Å². The van der Waals surface area contributed by atoms with Crippen LogP contribution in [0.15, 0.2) is 29.2 Å². The van der Waals surface area contributed by atoms with E-state index in [0.29, 0.717) is 18.0 Å². The second-order valence-electron chi connectivity index (χ2n) is 3.78. The predicted octanol–water partition coefficient (Wildman–Crippen LogP) is 0.721. The molecule has 0 saturated heterocycles. The van der Waals surface area contributed by atoms with Crippen molar-refractivity contribution < 1.29 is 13.2 Å². The van der Waals surface area contributed by atoms with Crippen molar-refractivity contribution in [3.8, 4) is 0 Å². The number of rotatable bonds is 5. The fourth-order valence-corrected chi connectivity index (χ4v) is 1.98. The molecule has 1 aromatic rings. The quantitative estimate of drug-likeness (QED) is 0.713. The Labute approximate surface area is 95.8 Å². The number of carbonyl (C=O) groups excluding carboxylic acids is 1. The minimum absolute atomic E-state index is 0.314. The molecule has 0 N–H and O–H groups in total. The fourth-order valence-electron chi connectivity index (χ4n) is 1.35. The van der Waals surface area contributed by atoms with E-state index >= 15 is 0 Å². The number of nitrogens with zero attached hydrogens (tertiary/aromatic N) is 1. The van der Waals surface area contributed by atoms with Crippen molar-refractivity contribution in [3.63, 3.8) is 0 Å². The Kier molecular flexibility index (Phi) is 4.20. The standard InChI is InChI=1S/C11H15NO3S/c1-12(7-8-13)9-10-3-5-11(6-4-10)16(2,14)15/h3-6,8H,7,9H2,1-2H3. The number of benzene rings is 1. The van der Waals surface area contributed by atoms with Gasteiger partial charge in [-0.3, -0.25) is 4.90 Å². The zero-order valence-electron chi connectivity index (χ0n) is 9.38. The maximum atomic E-state index is 11.2. The Morgan fingerprint density at radius 1 is 1.25 bits per heavy atom. The molecular weight excluding hydrogens is 226 g/mol. The lowest BCUT2D eigenvalue weighted by Gasteiger charge is -2.12. The average Bonchev–Trinajstić information content (AvgIpc) is 2.17. The van der Waals surface area contributed by atoms with E-state index in [1.165, 1.54) is 6.26 Å². The van der Waals surface area contributed by atoms with Crippen molar-refractivity contribution in [1.82, 2.24) is 4.90 Å². The number of carbonyl (C=O) groups is 1. The molecule has 0 unspecified atom stereocenters. The van der Waals surface area contributed by atoms with Gasteiger partial charge in [-0.1, -0.05) is 12.1 Å². The lowest BCUT2D eigenvalue weighted by molar-refractivity contribution is -0.108. The summed E-state index contributed by atoms with van der Waals surface area (Å²) in [5, 5.41) is 0. The summed E-state index contributed by atoms with van der Waals surface area (Å²) in [6.07, 6.45) is 2.02. The van der Waals surface area contributed by atoms with Gasteiger partial charge in [0.25, 0.3) is 0 Å². The first-order valence-corrected chi connectivity index (χ1v) is 6.74. The van der Waals surface area contributed by atoms with Gasteiger partial charge < -0.3 is 4.79 Å². The summed E-state index contributed by atoms with van der Waals surface area (Å²) in [7, 11) is -1.30. The Balaban J connectivity index is 2.76. The number of sulfone groups is 1. The van der Waals surface area contributed by atoms with Crippen molar-refractivity contribution in [2.75, 3.05) is 19.8 Å². The van der Waals surface area contributed by atoms with E-state index in [-0.39, 0.29) is 0 Å². The maximum Gasteiger partial charge on any atom is 0.175 e. The molecule has 0 fully saturated rings. The zero-order chi connectivity index (χ0) is 12.2. The van der Waals surface area contributed by atoms with Gasteiger partial charge in [-0.2, -0.15) is 0 Å². The molecule has 0 saturated carbocycles. The van der Waals surface area contributed by atoms with Crippen LogP contribution in [0.5, 0.6) is 0 Å². The van der Waals surface area contributed by atoms with Crippen LogP contribution in [0, 0.1) is 0 Å². The molecule has 0 aromatic heterocycles. The number of likely N-dealkylation sites (N-methyl/N-ethyl adjacent to an activating group) is 1. The van der Waals surface area contributed by atoms with Crippen molar-refractivity contribution >= 4 is 16.1 Å². The van der Waals surface area contributed by atoms with Gasteiger partial charge in [-0.25, -0.2) is 8.42 Å². The highest BCUT2D eigenvalue weighted by molar-refractivity contribution is 7.90. The van der Waals surface area contributed by atoms with E-state index < -0.39 is 9.84 Å². The van der Waals surface area contributed by atoms with Gasteiger partial charge in [0.2, 0.25) is 0 Å². The van der Waals surface area contributed by atoms with Gasteiger partial charge in [0.1, 0.15) is 6.29 Å². The second kappa shape index (κ2) is 5.23.